The quantitative estimate of drug-likeness (QED) is 0.370. The Morgan fingerprint density at radius 1 is 1.06 bits per heavy atom. The van der Waals surface area contributed by atoms with E-state index < -0.39 is 41.3 Å². The van der Waals surface area contributed by atoms with Gasteiger partial charge in [0.2, 0.25) is 5.54 Å². The maximum Gasteiger partial charge on any atom is 0.416 e. The van der Waals surface area contributed by atoms with E-state index >= 15 is 0 Å². The van der Waals surface area contributed by atoms with Crippen molar-refractivity contribution in [3.63, 3.8) is 0 Å². The van der Waals surface area contributed by atoms with Crippen LogP contribution in [-0.4, -0.2) is 40.3 Å². The molecule has 3 heterocycles. The summed E-state index contributed by atoms with van der Waals surface area (Å²) in [5.74, 6) is -1.55. The third kappa shape index (κ3) is 0.847. The highest BCUT2D eigenvalue weighted by atomic mass is 35.5. The van der Waals surface area contributed by atoms with E-state index in [2.05, 4.69) is 0 Å². The first-order chi connectivity index (χ1) is 7.14. The summed E-state index contributed by atoms with van der Waals surface area (Å²) in [5, 5.41) is -1.03. The van der Waals surface area contributed by atoms with Gasteiger partial charge in [-0.15, -0.1) is 11.6 Å². The van der Waals surface area contributed by atoms with Crippen molar-refractivity contribution in [2.75, 3.05) is 0 Å². The Morgan fingerprint density at radius 2 is 1.56 bits per heavy atom. The van der Waals surface area contributed by atoms with Gasteiger partial charge < -0.3 is 0 Å². The maximum atomic E-state index is 12.8. The van der Waals surface area contributed by atoms with Crippen molar-refractivity contribution in [3.05, 3.63) is 0 Å². The molecule has 3 aliphatic heterocycles. The van der Waals surface area contributed by atoms with Gasteiger partial charge in [-0.1, -0.05) is 0 Å². The van der Waals surface area contributed by atoms with Crippen LogP contribution in [0.25, 0.3) is 0 Å². The summed E-state index contributed by atoms with van der Waals surface area (Å²) in [7, 11) is 0. The molecule has 0 N–H and O–H groups in total. The van der Waals surface area contributed by atoms with Crippen LogP contribution in [0.2, 0.25) is 0 Å². The van der Waals surface area contributed by atoms with E-state index in [0.29, 0.717) is 4.90 Å². The van der Waals surface area contributed by atoms with Gasteiger partial charge in [-0.2, -0.15) is 26.3 Å². The van der Waals surface area contributed by atoms with Crippen LogP contribution in [0.4, 0.5) is 26.3 Å². The topological polar surface area (TPSA) is 3.01 Å². The minimum absolute atomic E-state index is 0.0994. The molecule has 4 fully saturated rings. The molecule has 1 nitrogen and oxygen atoms in total. The zero-order valence-corrected chi connectivity index (χ0v) is 8.37. The van der Waals surface area contributed by atoms with E-state index in [9.17, 15) is 26.3 Å². The van der Waals surface area contributed by atoms with Crippen LogP contribution in [0, 0.1) is 5.92 Å². The Bertz CT molecular complexity index is 335. The minimum Gasteiger partial charge on any atom is -0.271 e. The number of alkyl halides is 7. The van der Waals surface area contributed by atoms with Gasteiger partial charge in [-0.3, -0.25) is 4.90 Å². The Balaban J connectivity index is 2.14. The molecule has 4 aliphatic rings. The van der Waals surface area contributed by atoms with Crippen molar-refractivity contribution in [2.45, 2.75) is 41.8 Å². The van der Waals surface area contributed by atoms with Gasteiger partial charge in [0.1, 0.15) is 0 Å². The fourth-order valence-corrected chi connectivity index (χ4v) is 4.08. The summed E-state index contributed by atoms with van der Waals surface area (Å²) in [6.07, 6.45) is -10.7. The van der Waals surface area contributed by atoms with E-state index in [1.165, 1.54) is 0 Å². The number of piperidine rings is 3. The molecule has 4 bridgehead atoms. The summed E-state index contributed by atoms with van der Waals surface area (Å²) < 4.78 is 76.9. The lowest BCUT2D eigenvalue weighted by molar-refractivity contribution is -0.328. The Hall–Kier alpha value is -0.170. The summed E-state index contributed by atoms with van der Waals surface area (Å²) >= 11 is 5.65. The molecule has 0 aromatic carbocycles. The molecular formula is C8H6ClF6N. The predicted octanol–water partition coefficient (Wildman–Crippen LogP) is 2.54. The van der Waals surface area contributed by atoms with Crippen LogP contribution in [0.5, 0.6) is 0 Å². The lowest BCUT2D eigenvalue weighted by atomic mass is 9.85. The highest BCUT2D eigenvalue weighted by Crippen LogP contribution is 2.73. The molecule has 1 saturated carbocycles. The first-order valence-corrected chi connectivity index (χ1v) is 5.13. The van der Waals surface area contributed by atoms with Gasteiger partial charge in [-0.05, 0) is 6.42 Å². The molecule has 92 valence electrons. The average Bonchev–Trinajstić information content (AvgIpc) is 2.43. The van der Waals surface area contributed by atoms with E-state index in [1.807, 2.05) is 0 Å². The smallest absolute Gasteiger partial charge is 0.271 e. The molecule has 3 saturated heterocycles. The van der Waals surface area contributed by atoms with Gasteiger partial charge >= 0.3 is 12.4 Å². The molecular weight excluding hydrogens is 260 g/mol. The van der Waals surface area contributed by atoms with Crippen LogP contribution in [0.3, 0.4) is 0 Å². The van der Waals surface area contributed by atoms with Crippen molar-refractivity contribution in [2.24, 2.45) is 5.92 Å². The minimum atomic E-state index is -5.32. The van der Waals surface area contributed by atoms with Crippen molar-refractivity contribution in [1.82, 2.24) is 4.90 Å². The fourth-order valence-electron chi connectivity index (χ4n) is 3.51. The Morgan fingerprint density at radius 3 is 1.69 bits per heavy atom. The number of nitrogens with zero attached hydrogens (tertiary/aromatic N) is 1. The van der Waals surface area contributed by atoms with Crippen LogP contribution in [-0.2, 0) is 0 Å². The molecule has 16 heavy (non-hydrogen) atoms. The summed E-state index contributed by atoms with van der Waals surface area (Å²) in [4.78, 5) is 0.509. The van der Waals surface area contributed by atoms with Gasteiger partial charge in [0.25, 0.3) is 0 Å². The number of hydrogen-bond donors (Lipinski definition) is 0. The largest absolute Gasteiger partial charge is 0.416 e. The maximum absolute atomic E-state index is 12.8. The molecule has 5 atom stereocenters. The Labute approximate surface area is 91.3 Å². The van der Waals surface area contributed by atoms with Crippen LogP contribution >= 0.6 is 11.6 Å². The fraction of sp³-hybridized carbons (Fsp3) is 1.00. The second-order valence-electron chi connectivity index (χ2n) is 4.51. The lowest BCUT2D eigenvalue weighted by Gasteiger charge is -2.37. The van der Waals surface area contributed by atoms with E-state index in [0.717, 1.165) is 0 Å². The third-order valence-electron chi connectivity index (χ3n) is 4.00. The summed E-state index contributed by atoms with van der Waals surface area (Å²) in [6.45, 7) is 0. The summed E-state index contributed by atoms with van der Waals surface area (Å²) in [6, 6.07) is -1.37. The molecule has 5 unspecified atom stereocenters. The zero-order chi connectivity index (χ0) is 12.1. The predicted molar refractivity (Wildman–Crippen MR) is 42.0 cm³/mol. The second-order valence-corrected chi connectivity index (χ2v) is 5.02. The molecule has 0 aromatic rings. The highest BCUT2D eigenvalue weighted by Gasteiger charge is 2.93. The van der Waals surface area contributed by atoms with Crippen molar-refractivity contribution in [3.8, 4) is 0 Å². The van der Waals surface area contributed by atoms with E-state index in [-0.39, 0.29) is 6.42 Å². The molecule has 0 spiro atoms. The third-order valence-corrected chi connectivity index (χ3v) is 4.56. The molecule has 0 radical (unpaired) electrons. The zero-order valence-electron chi connectivity index (χ0n) is 7.61. The van der Waals surface area contributed by atoms with Gasteiger partial charge in [0.05, 0.1) is 5.38 Å². The molecule has 4 rings (SSSR count). The highest BCUT2D eigenvalue weighted by molar-refractivity contribution is 6.22. The van der Waals surface area contributed by atoms with E-state index in [4.69, 9.17) is 11.6 Å². The monoisotopic (exact) mass is 265 g/mol. The van der Waals surface area contributed by atoms with Gasteiger partial charge in [0.15, 0.2) is 0 Å². The van der Waals surface area contributed by atoms with Crippen molar-refractivity contribution in [1.29, 1.82) is 0 Å². The van der Waals surface area contributed by atoms with Crippen LogP contribution in [0.15, 0.2) is 0 Å². The number of halogens is 7. The first-order valence-electron chi connectivity index (χ1n) is 4.70. The SMILES string of the molecule is FC(F)(F)C1(C(F)(F)F)C2CC3C(C2Cl)N31. The van der Waals surface area contributed by atoms with Crippen molar-refractivity contribution >= 4 is 11.6 Å². The average molecular weight is 266 g/mol. The molecule has 0 amide bonds. The van der Waals surface area contributed by atoms with Crippen molar-refractivity contribution < 1.29 is 26.3 Å². The normalized spacial score (nSPS) is 48.6. The number of hydrogen-bond acceptors (Lipinski definition) is 1. The first kappa shape index (κ1) is 11.0. The van der Waals surface area contributed by atoms with Gasteiger partial charge in [0, 0.05) is 18.0 Å². The number of rotatable bonds is 0. The van der Waals surface area contributed by atoms with Gasteiger partial charge in [-0.25, -0.2) is 0 Å². The summed E-state index contributed by atoms with van der Waals surface area (Å²) in [5.41, 5.74) is -3.69. The second kappa shape index (κ2) is 2.48. The van der Waals surface area contributed by atoms with Crippen LogP contribution in [0.1, 0.15) is 6.42 Å². The standard InChI is InChI=1S/C8H6ClF6N/c9-4-2-1-3-5(4)16(3)6(2,7(10,11)12)8(13,14)15/h2-5H,1H2. The van der Waals surface area contributed by atoms with Crippen LogP contribution < -0.4 is 0 Å². The molecule has 1 aliphatic carbocycles. The molecule has 0 aromatic heterocycles. The van der Waals surface area contributed by atoms with E-state index in [1.54, 1.807) is 0 Å². The Kier molecular flexibility index (Phi) is 1.70. The molecule has 8 heteroatoms. The lowest BCUT2D eigenvalue weighted by Crippen LogP contribution is -2.63.